The van der Waals surface area contributed by atoms with Crippen LogP contribution in [0.1, 0.15) is 18.5 Å². The lowest BCUT2D eigenvalue weighted by atomic mass is 10.1. The highest BCUT2D eigenvalue weighted by Crippen LogP contribution is 2.22. The molecular weight excluding hydrogens is 354 g/mol. The van der Waals surface area contributed by atoms with Crippen molar-refractivity contribution in [2.75, 3.05) is 47.3 Å². The van der Waals surface area contributed by atoms with Crippen LogP contribution in [-0.4, -0.2) is 69.1 Å². The molecule has 0 bridgehead atoms. The minimum absolute atomic E-state index is 0.184. The van der Waals surface area contributed by atoms with Gasteiger partial charge < -0.3 is 15.5 Å². The normalized spacial score (nSPS) is 22.0. The molecule has 1 saturated heterocycles. The molecule has 0 spiro atoms. The molecule has 0 aromatic heterocycles. The van der Waals surface area contributed by atoms with E-state index in [2.05, 4.69) is 80.6 Å². The van der Waals surface area contributed by atoms with Crippen molar-refractivity contribution in [3.8, 4) is 0 Å². The van der Waals surface area contributed by atoms with Crippen LogP contribution in [0.4, 0.5) is 0 Å². The number of guanidine groups is 1. The predicted molar refractivity (Wildman–Crippen MR) is 101 cm³/mol. The fourth-order valence-electron chi connectivity index (χ4n) is 2.84. The average molecular weight is 382 g/mol. The van der Waals surface area contributed by atoms with Crippen LogP contribution in [0.2, 0.25) is 0 Å². The summed E-state index contributed by atoms with van der Waals surface area (Å²) < 4.78 is 1.11. The summed E-state index contributed by atoms with van der Waals surface area (Å²) in [6.07, 6.45) is 0. The molecule has 2 unspecified atom stereocenters. The molecule has 1 fully saturated rings. The molecule has 2 atom stereocenters. The monoisotopic (exact) mass is 381 g/mol. The van der Waals surface area contributed by atoms with Gasteiger partial charge in [0.15, 0.2) is 5.96 Å². The summed E-state index contributed by atoms with van der Waals surface area (Å²) in [4.78, 5) is 9.15. The maximum absolute atomic E-state index is 4.36. The molecule has 1 aromatic rings. The Labute approximate surface area is 148 Å². The summed E-state index contributed by atoms with van der Waals surface area (Å²) in [6, 6.07) is 8.97. The van der Waals surface area contributed by atoms with E-state index >= 15 is 0 Å². The van der Waals surface area contributed by atoms with Crippen molar-refractivity contribution < 1.29 is 0 Å². The predicted octanol–water partition coefficient (Wildman–Crippen LogP) is 1.92. The number of benzene rings is 1. The molecule has 128 valence electrons. The molecule has 0 aliphatic carbocycles. The highest BCUT2D eigenvalue weighted by Gasteiger charge is 2.22. The molecule has 5 nitrogen and oxygen atoms in total. The first kappa shape index (κ1) is 18.2. The van der Waals surface area contributed by atoms with Gasteiger partial charge in [-0.05, 0) is 32.6 Å². The summed E-state index contributed by atoms with van der Waals surface area (Å²) in [5.41, 5.74) is 1.23. The topological polar surface area (TPSA) is 42.9 Å². The molecule has 1 heterocycles. The molecule has 2 N–H and O–H groups in total. The molecule has 0 saturated carbocycles. The van der Waals surface area contributed by atoms with E-state index in [-0.39, 0.29) is 6.04 Å². The number of hydrogen-bond donors (Lipinski definition) is 2. The largest absolute Gasteiger partial charge is 0.355 e. The van der Waals surface area contributed by atoms with Crippen molar-refractivity contribution in [2.45, 2.75) is 19.0 Å². The zero-order valence-corrected chi connectivity index (χ0v) is 16.1. The van der Waals surface area contributed by atoms with E-state index in [1.54, 1.807) is 0 Å². The Balaban J connectivity index is 1.89. The third kappa shape index (κ3) is 5.19. The summed E-state index contributed by atoms with van der Waals surface area (Å²) in [5, 5.41) is 6.93. The van der Waals surface area contributed by atoms with E-state index in [4.69, 9.17) is 0 Å². The van der Waals surface area contributed by atoms with Crippen molar-refractivity contribution in [2.24, 2.45) is 4.99 Å². The van der Waals surface area contributed by atoms with E-state index in [1.165, 1.54) is 5.56 Å². The maximum atomic E-state index is 4.36. The van der Waals surface area contributed by atoms with Crippen molar-refractivity contribution in [3.63, 3.8) is 0 Å². The molecule has 0 radical (unpaired) electrons. The van der Waals surface area contributed by atoms with Gasteiger partial charge in [0.2, 0.25) is 0 Å². The zero-order chi connectivity index (χ0) is 16.8. The summed E-state index contributed by atoms with van der Waals surface area (Å²) in [7, 11) is 6.19. The first-order valence-electron chi connectivity index (χ1n) is 8.11. The number of piperazine rings is 1. The first-order chi connectivity index (χ1) is 11.0. The number of hydrogen-bond acceptors (Lipinski definition) is 3. The van der Waals surface area contributed by atoms with Crippen LogP contribution in [-0.2, 0) is 0 Å². The molecule has 6 heteroatoms. The van der Waals surface area contributed by atoms with Crippen LogP contribution in [0.15, 0.2) is 33.7 Å². The summed E-state index contributed by atoms with van der Waals surface area (Å²) in [6.45, 7) is 6.37. The first-order valence-corrected chi connectivity index (χ1v) is 8.91. The van der Waals surface area contributed by atoms with Gasteiger partial charge in [-0.25, -0.2) is 0 Å². The third-order valence-corrected chi connectivity index (χ3v) is 5.16. The van der Waals surface area contributed by atoms with E-state index < -0.39 is 0 Å². The maximum Gasteiger partial charge on any atom is 0.191 e. The second-order valence-electron chi connectivity index (χ2n) is 6.24. The van der Waals surface area contributed by atoms with Gasteiger partial charge in [0.05, 0.1) is 6.04 Å². The zero-order valence-electron chi connectivity index (χ0n) is 14.5. The Morgan fingerprint density at radius 2 is 2.09 bits per heavy atom. The molecule has 23 heavy (non-hydrogen) atoms. The fraction of sp³-hybridized carbons (Fsp3) is 0.588. The van der Waals surface area contributed by atoms with Gasteiger partial charge in [0, 0.05) is 43.7 Å². The Morgan fingerprint density at radius 3 is 2.78 bits per heavy atom. The van der Waals surface area contributed by atoms with Crippen LogP contribution in [0, 0.1) is 0 Å². The molecule has 2 rings (SSSR count). The number of rotatable bonds is 4. The standard InChI is InChI=1S/C17H28BrN5/c1-13(15-7-5-6-8-16(15)18)21-17(19-2)20-11-14-12-22(3)9-10-23(14)4/h5-8,13-14H,9-12H2,1-4H3,(H2,19,20,21). The number of nitrogens with one attached hydrogen (secondary N) is 2. The smallest absolute Gasteiger partial charge is 0.191 e. The fourth-order valence-corrected chi connectivity index (χ4v) is 3.47. The van der Waals surface area contributed by atoms with Gasteiger partial charge in [0.1, 0.15) is 0 Å². The van der Waals surface area contributed by atoms with Crippen molar-refractivity contribution in [1.82, 2.24) is 20.4 Å². The summed E-state index contributed by atoms with van der Waals surface area (Å²) >= 11 is 3.61. The van der Waals surface area contributed by atoms with Crippen molar-refractivity contribution in [1.29, 1.82) is 0 Å². The quantitative estimate of drug-likeness (QED) is 0.617. The van der Waals surface area contributed by atoms with Crippen molar-refractivity contribution in [3.05, 3.63) is 34.3 Å². The van der Waals surface area contributed by atoms with Gasteiger partial charge in [-0.2, -0.15) is 0 Å². The Hall–Kier alpha value is -1.11. The third-order valence-electron chi connectivity index (χ3n) is 4.43. The SMILES string of the molecule is CN=C(NCC1CN(C)CCN1C)NC(C)c1ccccc1Br. The number of aliphatic imine (C=N–C) groups is 1. The lowest BCUT2D eigenvalue weighted by molar-refractivity contribution is 0.116. The lowest BCUT2D eigenvalue weighted by Gasteiger charge is -2.38. The molecule has 1 aliphatic rings. The number of nitrogens with zero attached hydrogens (tertiary/aromatic N) is 3. The average Bonchev–Trinajstić information content (AvgIpc) is 2.54. The van der Waals surface area contributed by atoms with Crippen LogP contribution in [0.3, 0.4) is 0 Å². The van der Waals surface area contributed by atoms with Gasteiger partial charge in [-0.3, -0.25) is 9.89 Å². The van der Waals surface area contributed by atoms with Crippen LogP contribution < -0.4 is 10.6 Å². The molecular formula is C17H28BrN5. The Morgan fingerprint density at radius 1 is 1.35 bits per heavy atom. The number of halogens is 1. The minimum atomic E-state index is 0.184. The van der Waals surface area contributed by atoms with Gasteiger partial charge in [-0.15, -0.1) is 0 Å². The molecule has 1 aromatic carbocycles. The van der Waals surface area contributed by atoms with E-state index in [9.17, 15) is 0 Å². The van der Waals surface area contributed by atoms with Gasteiger partial charge >= 0.3 is 0 Å². The molecule has 1 aliphatic heterocycles. The van der Waals surface area contributed by atoms with Crippen LogP contribution in [0.5, 0.6) is 0 Å². The van der Waals surface area contributed by atoms with Crippen molar-refractivity contribution >= 4 is 21.9 Å². The summed E-state index contributed by atoms with van der Waals surface area (Å²) in [5.74, 6) is 0.842. The van der Waals surface area contributed by atoms with Gasteiger partial charge in [-0.1, -0.05) is 34.1 Å². The minimum Gasteiger partial charge on any atom is -0.355 e. The van der Waals surface area contributed by atoms with E-state index in [0.717, 1.165) is 36.6 Å². The second kappa shape index (κ2) is 8.66. The van der Waals surface area contributed by atoms with Crippen LogP contribution in [0.25, 0.3) is 0 Å². The Bertz CT molecular complexity index is 533. The van der Waals surface area contributed by atoms with Gasteiger partial charge in [0.25, 0.3) is 0 Å². The van der Waals surface area contributed by atoms with E-state index in [0.29, 0.717) is 6.04 Å². The number of likely N-dealkylation sites (N-methyl/N-ethyl adjacent to an activating group) is 2. The van der Waals surface area contributed by atoms with E-state index in [1.807, 2.05) is 13.1 Å². The second-order valence-corrected chi connectivity index (χ2v) is 7.09. The Kier molecular flexibility index (Phi) is 6.87. The lowest BCUT2D eigenvalue weighted by Crippen LogP contribution is -2.55. The molecule has 0 amide bonds. The highest BCUT2D eigenvalue weighted by molar-refractivity contribution is 9.10. The van der Waals surface area contributed by atoms with Crippen LogP contribution >= 0.6 is 15.9 Å². The highest BCUT2D eigenvalue weighted by atomic mass is 79.9.